The maximum Gasteiger partial charge on any atom is 0.242 e. The highest BCUT2D eigenvalue weighted by atomic mass is 32.2. The zero-order chi connectivity index (χ0) is 15.5. The van der Waals surface area contributed by atoms with Crippen molar-refractivity contribution in [3.63, 3.8) is 0 Å². The van der Waals surface area contributed by atoms with Gasteiger partial charge in [-0.25, -0.2) is 12.8 Å². The van der Waals surface area contributed by atoms with Crippen LogP contribution in [-0.4, -0.2) is 52.1 Å². The van der Waals surface area contributed by atoms with Gasteiger partial charge in [-0.2, -0.15) is 9.57 Å². The number of sulfonamides is 1. The van der Waals surface area contributed by atoms with Gasteiger partial charge in [-0.1, -0.05) is 0 Å². The fourth-order valence-corrected chi connectivity index (χ4v) is 3.28. The quantitative estimate of drug-likeness (QED) is 0.865. The van der Waals surface area contributed by atoms with Crippen LogP contribution in [0.15, 0.2) is 23.1 Å². The van der Waals surface area contributed by atoms with Crippen LogP contribution in [0.4, 0.5) is 4.39 Å². The van der Waals surface area contributed by atoms with E-state index in [2.05, 4.69) is 5.32 Å². The minimum absolute atomic E-state index is 0.105. The van der Waals surface area contributed by atoms with Crippen molar-refractivity contribution in [3.8, 4) is 6.07 Å². The predicted molar refractivity (Wildman–Crippen MR) is 73.5 cm³/mol. The lowest BCUT2D eigenvalue weighted by Crippen LogP contribution is -2.45. The molecule has 0 aliphatic carbocycles. The molecule has 0 amide bonds. The van der Waals surface area contributed by atoms with Gasteiger partial charge < -0.3 is 10.1 Å². The molecule has 1 fully saturated rings. The average Bonchev–Trinajstić information content (AvgIpc) is 2.48. The van der Waals surface area contributed by atoms with Crippen molar-refractivity contribution in [1.29, 1.82) is 5.26 Å². The second-order valence-electron chi connectivity index (χ2n) is 4.74. The van der Waals surface area contributed by atoms with Gasteiger partial charge in [-0.3, -0.25) is 0 Å². The van der Waals surface area contributed by atoms with E-state index >= 15 is 0 Å². The number of halogens is 1. The highest BCUT2D eigenvalue weighted by molar-refractivity contribution is 7.89. The third-order valence-corrected chi connectivity index (χ3v) is 5.05. The first kappa shape index (κ1) is 15.9. The number of morpholine rings is 1. The highest BCUT2D eigenvalue weighted by Gasteiger charge is 2.26. The topological polar surface area (TPSA) is 82.4 Å². The molecule has 1 aromatic rings. The Bertz CT molecular complexity index is 651. The van der Waals surface area contributed by atoms with E-state index in [1.165, 1.54) is 7.05 Å². The van der Waals surface area contributed by atoms with Gasteiger partial charge in [0.15, 0.2) is 0 Å². The summed E-state index contributed by atoms with van der Waals surface area (Å²) in [6, 6.07) is 4.82. The number of nitrogens with zero attached hydrogens (tertiary/aromatic N) is 2. The molecule has 1 atom stereocenters. The van der Waals surface area contributed by atoms with Crippen LogP contribution in [0, 0.1) is 17.1 Å². The SMILES string of the molecule is CN(CC1CNCCO1)S(=O)(=O)c1ccc(F)c(C#N)c1. The van der Waals surface area contributed by atoms with Crippen LogP contribution in [0.5, 0.6) is 0 Å². The number of hydrogen-bond donors (Lipinski definition) is 1. The number of benzene rings is 1. The van der Waals surface area contributed by atoms with Crippen molar-refractivity contribution in [3.05, 3.63) is 29.6 Å². The Morgan fingerprint density at radius 1 is 1.57 bits per heavy atom. The zero-order valence-corrected chi connectivity index (χ0v) is 12.4. The molecule has 6 nitrogen and oxygen atoms in total. The lowest BCUT2D eigenvalue weighted by molar-refractivity contribution is 0.0206. The van der Waals surface area contributed by atoms with Crippen molar-refractivity contribution in [2.75, 3.05) is 33.3 Å². The van der Waals surface area contributed by atoms with Crippen molar-refractivity contribution in [2.24, 2.45) is 0 Å². The predicted octanol–water partition coefficient (Wildman–Crippen LogP) is 0.306. The lowest BCUT2D eigenvalue weighted by Gasteiger charge is -2.27. The van der Waals surface area contributed by atoms with E-state index in [1.54, 1.807) is 6.07 Å². The number of hydrogen-bond acceptors (Lipinski definition) is 5. The molecule has 1 heterocycles. The molecule has 1 aromatic carbocycles. The first-order chi connectivity index (χ1) is 9.95. The minimum Gasteiger partial charge on any atom is -0.374 e. The molecule has 0 radical (unpaired) electrons. The molecule has 1 saturated heterocycles. The number of rotatable bonds is 4. The number of ether oxygens (including phenoxy) is 1. The maximum atomic E-state index is 13.3. The minimum atomic E-state index is -3.78. The van der Waals surface area contributed by atoms with E-state index in [4.69, 9.17) is 10.00 Å². The molecule has 8 heteroatoms. The van der Waals surface area contributed by atoms with Gasteiger partial charge in [0.2, 0.25) is 10.0 Å². The summed E-state index contributed by atoms with van der Waals surface area (Å²) < 4.78 is 44.7. The van der Waals surface area contributed by atoms with Crippen molar-refractivity contribution in [2.45, 2.75) is 11.0 Å². The monoisotopic (exact) mass is 313 g/mol. The summed E-state index contributed by atoms with van der Waals surface area (Å²) in [4.78, 5) is -0.105. The van der Waals surface area contributed by atoms with E-state index in [9.17, 15) is 12.8 Å². The van der Waals surface area contributed by atoms with Crippen molar-refractivity contribution >= 4 is 10.0 Å². The van der Waals surface area contributed by atoms with Gasteiger partial charge in [0.25, 0.3) is 0 Å². The van der Waals surface area contributed by atoms with Gasteiger partial charge >= 0.3 is 0 Å². The second kappa shape index (κ2) is 6.49. The average molecular weight is 313 g/mol. The van der Waals surface area contributed by atoms with Crippen LogP contribution in [-0.2, 0) is 14.8 Å². The van der Waals surface area contributed by atoms with E-state index in [1.807, 2.05) is 0 Å². The van der Waals surface area contributed by atoms with Gasteiger partial charge in [-0.05, 0) is 18.2 Å². The Morgan fingerprint density at radius 2 is 2.33 bits per heavy atom. The second-order valence-corrected chi connectivity index (χ2v) is 6.78. The normalized spacial score (nSPS) is 19.4. The number of nitriles is 1. The van der Waals surface area contributed by atoms with Gasteiger partial charge in [0, 0.05) is 26.7 Å². The largest absolute Gasteiger partial charge is 0.374 e. The molecule has 0 bridgehead atoms. The van der Waals surface area contributed by atoms with Gasteiger partial charge in [0.1, 0.15) is 11.9 Å². The molecule has 2 rings (SSSR count). The Hall–Kier alpha value is -1.53. The molecule has 1 aliphatic rings. The molecular formula is C13H16FN3O3S. The van der Waals surface area contributed by atoms with Crippen LogP contribution in [0.2, 0.25) is 0 Å². The fraction of sp³-hybridized carbons (Fsp3) is 0.462. The summed E-state index contributed by atoms with van der Waals surface area (Å²) >= 11 is 0. The Labute approximate surface area is 123 Å². The van der Waals surface area contributed by atoms with Crippen molar-refractivity contribution < 1.29 is 17.5 Å². The Kier molecular flexibility index (Phi) is 4.90. The molecule has 0 saturated carbocycles. The molecule has 114 valence electrons. The summed E-state index contributed by atoms with van der Waals surface area (Å²) in [6.07, 6.45) is -0.227. The summed E-state index contributed by atoms with van der Waals surface area (Å²) in [5.74, 6) is -0.737. The number of nitrogens with one attached hydrogen (secondary N) is 1. The van der Waals surface area contributed by atoms with Crippen LogP contribution >= 0.6 is 0 Å². The summed E-state index contributed by atoms with van der Waals surface area (Å²) in [7, 11) is -2.35. The lowest BCUT2D eigenvalue weighted by atomic mass is 10.2. The van der Waals surface area contributed by atoms with Crippen molar-refractivity contribution in [1.82, 2.24) is 9.62 Å². The fourth-order valence-electron chi connectivity index (χ4n) is 2.05. The first-order valence-electron chi connectivity index (χ1n) is 6.43. The molecule has 1 aliphatic heterocycles. The first-order valence-corrected chi connectivity index (χ1v) is 7.87. The molecule has 1 N–H and O–H groups in total. The van der Waals surface area contributed by atoms with Gasteiger partial charge in [-0.15, -0.1) is 0 Å². The summed E-state index contributed by atoms with van der Waals surface area (Å²) in [5, 5.41) is 11.9. The summed E-state index contributed by atoms with van der Waals surface area (Å²) in [5.41, 5.74) is -0.292. The Morgan fingerprint density at radius 3 is 2.95 bits per heavy atom. The molecule has 1 unspecified atom stereocenters. The van der Waals surface area contributed by atoms with Crippen LogP contribution in [0.1, 0.15) is 5.56 Å². The van der Waals surface area contributed by atoms with Crippen LogP contribution < -0.4 is 5.32 Å². The third kappa shape index (κ3) is 3.57. The van der Waals surface area contributed by atoms with E-state index in [0.29, 0.717) is 13.2 Å². The van der Waals surface area contributed by atoms with E-state index in [0.717, 1.165) is 29.0 Å². The summed E-state index contributed by atoms with van der Waals surface area (Å²) in [6.45, 7) is 2.05. The third-order valence-electron chi connectivity index (χ3n) is 3.23. The van der Waals surface area contributed by atoms with Crippen LogP contribution in [0.3, 0.4) is 0 Å². The smallest absolute Gasteiger partial charge is 0.242 e. The van der Waals surface area contributed by atoms with Gasteiger partial charge in [0.05, 0.1) is 23.2 Å². The molecule has 0 spiro atoms. The Balaban J connectivity index is 2.18. The highest BCUT2D eigenvalue weighted by Crippen LogP contribution is 2.18. The van der Waals surface area contributed by atoms with E-state index < -0.39 is 15.8 Å². The molecular weight excluding hydrogens is 297 g/mol. The van der Waals surface area contributed by atoms with E-state index in [-0.39, 0.29) is 23.1 Å². The molecule has 21 heavy (non-hydrogen) atoms. The standard InChI is InChI=1S/C13H16FN3O3S/c1-17(9-11-8-16-4-5-20-11)21(18,19)12-2-3-13(14)10(6-12)7-15/h2-3,6,11,16H,4-5,8-9H2,1H3. The molecule has 0 aromatic heterocycles. The number of likely N-dealkylation sites (N-methyl/N-ethyl adjacent to an activating group) is 1. The zero-order valence-electron chi connectivity index (χ0n) is 11.5. The van der Waals surface area contributed by atoms with Crippen LogP contribution in [0.25, 0.3) is 0 Å². The maximum absolute atomic E-state index is 13.3.